The highest BCUT2D eigenvalue weighted by atomic mass is 32.2. The third kappa shape index (κ3) is 4.76. The van der Waals surface area contributed by atoms with Crippen LogP contribution < -0.4 is 5.32 Å². The molecule has 0 bridgehead atoms. The van der Waals surface area contributed by atoms with Gasteiger partial charge in [-0.05, 0) is 28.5 Å². The zero-order chi connectivity index (χ0) is 25.5. The van der Waals surface area contributed by atoms with E-state index in [9.17, 15) is 37.6 Å². The van der Waals surface area contributed by atoms with Gasteiger partial charge in [-0.3, -0.25) is 19.0 Å². The van der Waals surface area contributed by atoms with Crippen LogP contribution in [0.4, 0.5) is 0 Å². The molecule has 1 aromatic heterocycles. The lowest BCUT2D eigenvalue weighted by molar-refractivity contribution is -0.151. The molecule has 35 heavy (non-hydrogen) atoms. The van der Waals surface area contributed by atoms with Crippen LogP contribution in [0.25, 0.3) is 0 Å². The van der Waals surface area contributed by atoms with E-state index in [0.717, 1.165) is 16.7 Å². The predicted octanol–water partition coefficient (Wildman–Crippen LogP) is -0.723. The number of thioether (sulfide) groups is 2. The first-order valence-electron chi connectivity index (χ1n) is 9.88. The number of aliphatic hydroxyl groups excluding tert-OH is 1. The molecule has 4 atom stereocenters. The highest BCUT2D eigenvalue weighted by molar-refractivity contribution is 8.01. The second-order valence-corrected chi connectivity index (χ2v) is 11.1. The molecule has 2 amide bonds. The molecule has 1 fully saturated rings. The number of rotatable bonds is 8. The summed E-state index contributed by atoms with van der Waals surface area (Å²) in [6.45, 7) is 1.58. The van der Waals surface area contributed by atoms with E-state index in [4.69, 9.17) is 0 Å². The summed E-state index contributed by atoms with van der Waals surface area (Å²) in [4.78, 5) is 38.4. The van der Waals surface area contributed by atoms with Crippen molar-refractivity contribution in [2.24, 2.45) is 0 Å². The van der Waals surface area contributed by atoms with Crippen LogP contribution in [-0.4, -0.2) is 87.9 Å². The maximum atomic E-state index is 12.8. The van der Waals surface area contributed by atoms with Crippen molar-refractivity contribution in [2.45, 2.75) is 34.8 Å². The van der Waals surface area contributed by atoms with E-state index in [1.54, 1.807) is 37.3 Å². The Balaban J connectivity index is 1.52. The molecule has 1 aromatic carbocycles. The molecular formula is C18H18N6O8S3. The quantitative estimate of drug-likeness (QED) is 0.185. The average molecular weight is 543 g/mol. The Hall–Kier alpha value is -2.99. The monoisotopic (exact) mass is 542 g/mol. The van der Waals surface area contributed by atoms with Gasteiger partial charge in [0.15, 0.2) is 6.10 Å². The minimum absolute atomic E-state index is 0.144. The SMILES string of the molecule is CC(Sc1nnnn1S(=O)(=O)O)C1=C(C(=O)O)N2C(=O)C(NC(=O)[C@H](O)c3ccccc3)[C@H]2SC1. The van der Waals surface area contributed by atoms with Crippen molar-refractivity contribution in [1.29, 1.82) is 0 Å². The van der Waals surface area contributed by atoms with E-state index in [2.05, 4.69) is 20.8 Å². The zero-order valence-electron chi connectivity index (χ0n) is 17.7. The molecular weight excluding hydrogens is 524 g/mol. The number of nitrogens with zero attached hydrogens (tertiary/aromatic N) is 5. The lowest BCUT2D eigenvalue weighted by atomic mass is 10.0. The van der Waals surface area contributed by atoms with E-state index in [1.807, 2.05) is 0 Å². The number of carbonyl (C=O) groups excluding carboxylic acids is 2. The summed E-state index contributed by atoms with van der Waals surface area (Å²) in [7, 11) is -4.76. The van der Waals surface area contributed by atoms with Crippen LogP contribution in [0.2, 0.25) is 0 Å². The van der Waals surface area contributed by atoms with Crippen molar-refractivity contribution >= 4 is 51.6 Å². The number of tetrazole rings is 1. The van der Waals surface area contributed by atoms with E-state index in [-0.39, 0.29) is 20.7 Å². The minimum atomic E-state index is -4.76. The van der Waals surface area contributed by atoms with Gasteiger partial charge in [0.1, 0.15) is 17.1 Å². The predicted molar refractivity (Wildman–Crippen MR) is 121 cm³/mol. The maximum Gasteiger partial charge on any atom is 0.382 e. The largest absolute Gasteiger partial charge is 0.477 e. The Bertz CT molecular complexity index is 1310. The van der Waals surface area contributed by atoms with Crippen LogP contribution in [0, 0.1) is 0 Å². The Morgan fingerprint density at radius 3 is 2.60 bits per heavy atom. The molecule has 0 spiro atoms. The molecule has 4 N–H and O–H groups in total. The Morgan fingerprint density at radius 2 is 1.97 bits per heavy atom. The third-order valence-electron chi connectivity index (χ3n) is 5.27. The van der Waals surface area contributed by atoms with Crippen LogP contribution in [0.15, 0.2) is 46.8 Å². The number of aromatic nitrogens is 4. The maximum absolute atomic E-state index is 12.8. The van der Waals surface area contributed by atoms with E-state index < -0.39 is 50.9 Å². The van der Waals surface area contributed by atoms with Crippen LogP contribution in [0.1, 0.15) is 18.6 Å². The van der Waals surface area contributed by atoms with Gasteiger partial charge in [0.2, 0.25) is 5.16 Å². The summed E-state index contributed by atoms with van der Waals surface area (Å²) in [6, 6.07) is 7.11. The van der Waals surface area contributed by atoms with Crippen molar-refractivity contribution in [3.8, 4) is 0 Å². The molecule has 14 nitrogen and oxygen atoms in total. The van der Waals surface area contributed by atoms with Gasteiger partial charge in [0.25, 0.3) is 11.8 Å². The van der Waals surface area contributed by atoms with Gasteiger partial charge in [-0.2, -0.15) is 8.42 Å². The highest BCUT2D eigenvalue weighted by Gasteiger charge is 2.55. The molecule has 4 rings (SSSR count). The lowest BCUT2D eigenvalue weighted by Gasteiger charge is -2.50. The normalized spacial score (nSPS) is 21.7. The van der Waals surface area contributed by atoms with Gasteiger partial charge >= 0.3 is 16.3 Å². The molecule has 3 heterocycles. The number of carboxylic acids is 1. The van der Waals surface area contributed by atoms with Gasteiger partial charge in [-0.25, -0.2) is 4.79 Å². The molecule has 0 radical (unpaired) electrons. The lowest BCUT2D eigenvalue weighted by Crippen LogP contribution is -2.71. The summed E-state index contributed by atoms with van der Waals surface area (Å²) in [5.74, 6) is -2.69. The number of aliphatic hydroxyl groups is 1. The van der Waals surface area contributed by atoms with Crippen molar-refractivity contribution in [2.75, 3.05) is 5.75 Å². The summed E-state index contributed by atoms with van der Waals surface area (Å²) in [6.07, 6.45) is -1.50. The van der Waals surface area contributed by atoms with Crippen LogP contribution in [-0.2, 0) is 24.7 Å². The molecule has 2 unspecified atom stereocenters. The Labute approximate surface area is 206 Å². The molecule has 2 aliphatic rings. The summed E-state index contributed by atoms with van der Waals surface area (Å²) < 4.78 is 32.2. The molecule has 0 saturated carbocycles. The van der Waals surface area contributed by atoms with Gasteiger partial charge in [-0.15, -0.1) is 16.9 Å². The number of hydrogen-bond donors (Lipinski definition) is 4. The fourth-order valence-electron chi connectivity index (χ4n) is 3.59. The topological polar surface area (TPSA) is 205 Å². The third-order valence-corrected chi connectivity index (χ3v) is 8.47. The first kappa shape index (κ1) is 25.1. The van der Waals surface area contributed by atoms with Crippen LogP contribution in [0.3, 0.4) is 0 Å². The zero-order valence-corrected chi connectivity index (χ0v) is 20.2. The summed E-state index contributed by atoms with van der Waals surface area (Å²) >= 11 is 1.99. The number of β-lactam (4-membered cyclic amide) rings is 1. The number of fused-ring (bicyclic) bond motifs is 1. The first-order valence-corrected chi connectivity index (χ1v) is 13.2. The highest BCUT2D eigenvalue weighted by Crippen LogP contribution is 2.43. The van der Waals surface area contributed by atoms with Crippen molar-refractivity contribution in [3.05, 3.63) is 47.2 Å². The van der Waals surface area contributed by atoms with Crippen LogP contribution in [0.5, 0.6) is 0 Å². The summed E-state index contributed by atoms with van der Waals surface area (Å²) in [5.41, 5.74) is 0.353. The molecule has 17 heteroatoms. The minimum Gasteiger partial charge on any atom is -0.477 e. The van der Waals surface area contributed by atoms with Gasteiger partial charge in [0.05, 0.1) is 0 Å². The van der Waals surface area contributed by atoms with Crippen molar-refractivity contribution in [1.82, 2.24) is 29.8 Å². The smallest absolute Gasteiger partial charge is 0.382 e. The van der Waals surface area contributed by atoms with Gasteiger partial charge in [-0.1, -0.05) is 46.2 Å². The number of aliphatic carboxylic acids is 1. The Kier molecular flexibility index (Phi) is 6.87. The molecule has 1 saturated heterocycles. The van der Waals surface area contributed by atoms with Crippen LogP contribution >= 0.6 is 23.5 Å². The number of hydrogen-bond acceptors (Lipinski definition) is 11. The van der Waals surface area contributed by atoms with E-state index in [0.29, 0.717) is 11.1 Å². The molecule has 2 aromatic rings. The standard InChI is InChI=1S/C18H18N6O8S3/c1-8(34-18-20-21-22-24(18)35(30,31)32)10-7-33-16-11(15(27)23(16)12(10)17(28)29)19-14(26)13(25)9-5-3-2-4-6-9/h2-6,8,11,13,16,25H,7H2,1H3,(H,19,26)(H,28,29)(H,30,31,32)/t8?,11?,13-,16-/m1/s1. The first-order chi connectivity index (χ1) is 16.5. The summed E-state index contributed by atoms with van der Waals surface area (Å²) in [5, 5.41) is 30.8. The van der Waals surface area contributed by atoms with Crippen molar-refractivity contribution in [3.63, 3.8) is 0 Å². The number of benzene rings is 1. The van der Waals surface area contributed by atoms with E-state index in [1.165, 1.54) is 11.8 Å². The molecule has 186 valence electrons. The molecule has 2 aliphatic heterocycles. The second kappa shape index (κ2) is 9.57. The second-order valence-electron chi connectivity index (χ2n) is 7.43. The number of amides is 2. The Morgan fingerprint density at radius 1 is 1.29 bits per heavy atom. The molecule has 0 aliphatic carbocycles. The fraction of sp³-hybridized carbons (Fsp3) is 0.333. The van der Waals surface area contributed by atoms with Crippen molar-refractivity contribution < 1.29 is 37.6 Å². The van der Waals surface area contributed by atoms with E-state index >= 15 is 0 Å². The number of carboxylic acid groups (broad SMARTS) is 1. The number of carbonyl (C=O) groups is 3. The fourth-order valence-corrected chi connectivity index (χ4v) is 6.80. The van der Waals surface area contributed by atoms with Gasteiger partial charge in [0, 0.05) is 11.0 Å². The number of nitrogens with one attached hydrogen (secondary N) is 1. The van der Waals surface area contributed by atoms with Gasteiger partial charge < -0.3 is 15.5 Å². The average Bonchev–Trinajstić information content (AvgIpc) is 3.30.